The van der Waals surface area contributed by atoms with Crippen molar-refractivity contribution in [2.45, 2.75) is 38.1 Å². The number of aryl methyl sites for hydroxylation is 3. The van der Waals surface area contributed by atoms with Crippen LogP contribution in [0.1, 0.15) is 34.2 Å². The summed E-state index contributed by atoms with van der Waals surface area (Å²) in [7, 11) is 0. The molecule has 0 radical (unpaired) electrons. The summed E-state index contributed by atoms with van der Waals surface area (Å²) in [6.07, 6.45) is 2.68. The molecule has 2 aliphatic rings. The predicted octanol–water partition coefficient (Wildman–Crippen LogP) is 6.53. The first kappa shape index (κ1) is 22.8. The predicted molar refractivity (Wildman–Crippen MR) is 144 cm³/mol. The Labute approximate surface area is 215 Å². The highest BCUT2D eigenvalue weighted by molar-refractivity contribution is 8.00. The maximum absolute atomic E-state index is 13.4. The molecule has 3 aromatic carbocycles. The fraction of sp³-hybridized carbons (Fsp3) is 0.233. The number of thioether (sulfide) groups is 1. The van der Waals surface area contributed by atoms with Gasteiger partial charge in [0.1, 0.15) is 10.8 Å². The van der Waals surface area contributed by atoms with Crippen LogP contribution in [0.25, 0.3) is 11.4 Å². The Balaban J connectivity index is 1.34. The molecule has 0 bridgehead atoms. The zero-order valence-corrected chi connectivity index (χ0v) is 21.3. The molecule has 5 nitrogen and oxygen atoms in total. The van der Waals surface area contributed by atoms with Gasteiger partial charge >= 0.3 is 0 Å². The number of anilines is 1. The van der Waals surface area contributed by atoms with Crippen LogP contribution in [-0.2, 0) is 17.6 Å². The summed E-state index contributed by atoms with van der Waals surface area (Å²) in [5.41, 5.74) is 7.53. The quantitative estimate of drug-likeness (QED) is 0.210. The van der Waals surface area contributed by atoms with Crippen LogP contribution in [0, 0.1) is 13.8 Å². The standard InChI is InChI=1S/C30H27N3O2S/c1-19-12-14-22(15-13-19)28-31-29-24(17-23-9-5-7-20(2)27(23)35-29)30(32-28)36-18-26(34)33-16-6-10-21-8-3-4-11-25(21)33/h3-5,7-9,11-15H,6,10,16-18H2,1-2H3. The lowest BCUT2D eigenvalue weighted by atomic mass is 10.0. The molecule has 6 rings (SSSR count). The van der Waals surface area contributed by atoms with Gasteiger partial charge in [-0.1, -0.05) is 78.0 Å². The van der Waals surface area contributed by atoms with Gasteiger partial charge in [-0.05, 0) is 49.4 Å². The highest BCUT2D eigenvalue weighted by atomic mass is 32.2. The van der Waals surface area contributed by atoms with Gasteiger partial charge < -0.3 is 9.64 Å². The topological polar surface area (TPSA) is 55.3 Å². The Morgan fingerprint density at radius 3 is 2.64 bits per heavy atom. The molecule has 4 aromatic rings. The van der Waals surface area contributed by atoms with Gasteiger partial charge in [-0.15, -0.1) is 0 Å². The Bertz CT molecular complexity index is 1470. The van der Waals surface area contributed by atoms with Crippen molar-refractivity contribution < 1.29 is 9.53 Å². The summed E-state index contributed by atoms with van der Waals surface area (Å²) in [6, 6.07) is 22.6. The number of carbonyl (C=O) groups excluding carboxylic acids is 1. The van der Waals surface area contributed by atoms with E-state index in [0.29, 0.717) is 23.9 Å². The molecule has 0 saturated carbocycles. The second-order valence-corrected chi connectivity index (χ2v) is 10.4. The van der Waals surface area contributed by atoms with E-state index in [4.69, 9.17) is 14.7 Å². The third kappa shape index (κ3) is 4.26. The van der Waals surface area contributed by atoms with Gasteiger partial charge in [0.15, 0.2) is 5.82 Å². The van der Waals surface area contributed by atoms with Crippen molar-refractivity contribution in [2.24, 2.45) is 0 Å². The fourth-order valence-corrected chi connectivity index (χ4v) is 5.82. The van der Waals surface area contributed by atoms with E-state index in [1.54, 1.807) is 0 Å². The first-order chi connectivity index (χ1) is 17.6. The maximum Gasteiger partial charge on any atom is 0.237 e. The monoisotopic (exact) mass is 493 g/mol. The molecule has 0 fully saturated rings. The van der Waals surface area contributed by atoms with E-state index in [1.807, 2.05) is 41.3 Å². The van der Waals surface area contributed by atoms with Crippen LogP contribution in [0.5, 0.6) is 11.6 Å². The van der Waals surface area contributed by atoms with Gasteiger partial charge in [-0.3, -0.25) is 4.79 Å². The molecule has 0 spiro atoms. The number of ether oxygens (including phenoxy) is 1. The minimum Gasteiger partial charge on any atom is -0.438 e. The van der Waals surface area contributed by atoms with E-state index < -0.39 is 0 Å². The van der Waals surface area contributed by atoms with E-state index in [0.717, 1.165) is 58.1 Å². The van der Waals surface area contributed by atoms with Gasteiger partial charge in [0.05, 0.1) is 11.3 Å². The van der Waals surface area contributed by atoms with Crippen LogP contribution in [0.3, 0.4) is 0 Å². The molecule has 0 aliphatic carbocycles. The van der Waals surface area contributed by atoms with Crippen molar-refractivity contribution >= 4 is 23.4 Å². The zero-order chi connectivity index (χ0) is 24.6. The van der Waals surface area contributed by atoms with Gasteiger partial charge in [0.25, 0.3) is 0 Å². The summed E-state index contributed by atoms with van der Waals surface area (Å²) in [5.74, 6) is 2.48. The molecule has 180 valence electrons. The lowest BCUT2D eigenvalue weighted by Crippen LogP contribution is -2.36. The summed E-state index contributed by atoms with van der Waals surface area (Å²) in [5, 5.41) is 0.807. The number of hydrogen-bond donors (Lipinski definition) is 0. The Morgan fingerprint density at radius 2 is 1.78 bits per heavy atom. The number of para-hydroxylation sites is 2. The average Bonchev–Trinajstić information content (AvgIpc) is 2.91. The molecule has 2 aliphatic heterocycles. The molecule has 3 heterocycles. The second-order valence-electron chi connectivity index (χ2n) is 9.41. The molecule has 0 saturated heterocycles. The van der Waals surface area contributed by atoms with E-state index in [9.17, 15) is 4.79 Å². The number of rotatable bonds is 4. The molecule has 36 heavy (non-hydrogen) atoms. The third-order valence-corrected chi connectivity index (χ3v) is 7.85. The Hall–Kier alpha value is -3.64. The normalized spacial score (nSPS) is 13.9. The first-order valence-electron chi connectivity index (χ1n) is 12.3. The number of aromatic nitrogens is 2. The minimum atomic E-state index is 0.101. The van der Waals surface area contributed by atoms with Gasteiger partial charge in [0.2, 0.25) is 11.8 Å². The summed E-state index contributed by atoms with van der Waals surface area (Å²) in [6.45, 7) is 4.87. The molecule has 6 heteroatoms. The molecule has 1 aromatic heterocycles. The lowest BCUT2D eigenvalue weighted by Gasteiger charge is -2.29. The van der Waals surface area contributed by atoms with Crippen molar-refractivity contribution in [3.8, 4) is 23.0 Å². The van der Waals surface area contributed by atoms with Gasteiger partial charge in [0, 0.05) is 24.2 Å². The van der Waals surface area contributed by atoms with E-state index in [-0.39, 0.29) is 5.91 Å². The second kappa shape index (κ2) is 9.43. The highest BCUT2D eigenvalue weighted by Gasteiger charge is 2.27. The van der Waals surface area contributed by atoms with Crippen LogP contribution in [0.2, 0.25) is 0 Å². The van der Waals surface area contributed by atoms with Gasteiger partial charge in [-0.2, -0.15) is 4.98 Å². The van der Waals surface area contributed by atoms with Crippen LogP contribution >= 0.6 is 11.8 Å². The van der Waals surface area contributed by atoms with Crippen LogP contribution < -0.4 is 9.64 Å². The summed E-state index contributed by atoms with van der Waals surface area (Å²) >= 11 is 1.48. The summed E-state index contributed by atoms with van der Waals surface area (Å²) in [4.78, 5) is 25.1. The van der Waals surface area contributed by atoms with Crippen molar-refractivity contribution in [3.63, 3.8) is 0 Å². The minimum absolute atomic E-state index is 0.101. The summed E-state index contributed by atoms with van der Waals surface area (Å²) < 4.78 is 6.34. The molecule has 1 amide bonds. The Kier molecular flexibility index (Phi) is 5.97. The number of amides is 1. The molecular weight excluding hydrogens is 466 g/mol. The van der Waals surface area contributed by atoms with Gasteiger partial charge in [-0.25, -0.2) is 4.98 Å². The number of nitrogens with zero attached hydrogens (tertiary/aromatic N) is 3. The van der Waals surface area contributed by atoms with E-state index in [2.05, 4.69) is 44.2 Å². The maximum atomic E-state index is 13.4. The Morgan fingerprint density at radius 1 is 0.972 bits per heavy atom. The van der Waals surface area contributed by atoms with E-state index >= 15 is 0 Å². The number of fused-ring (bicyclic) bond motifs is 3. The lowest BCUT2D eigenvalue weighted by molar-refractivity contribution is -0.116. The van der Waals surface area contributed by atoms with Crippen LogP contribution in [0.4, 0.5) is 5.69 Å². The highest BCUT2D eigenvalue weighted by Crippen LogP contribution is 2.42. The molecular formula is C30H27N3O2S. The molecule has 0 N–H and O–H groups in total. The molecule has 0 atom stereocenters. The number of benzene rings is 3. The third-order valence-electron chi connectivity index (χ3n) is 6.84. The van der Waals surface area contributed by atoms with Crippen molar-refractivity contribution in [3.05, 3.63) is 94.5 Å². The van der Waals surface area contributed by atoms with Crippen LogP contribution in [-0.4, -0.2) is 28.2 Å². The number of carbonyl (C=O) groups is 1. The average molecular weight is 494 g/mol. The SMILES string of the molecule is Cc1ccc(-c2nc3c(c(SCC(=O)N4CCCc5ccccc54)n2)Cc2cccc(C)c2O3)cc1. The largest absolute Gasteiger partial charge is 0.438 e. The van der Waals surface area contributed by atoms with E-state index in [1.165, 1.54) is 22.9 Å². The molecule has 0 unspecified atom stereocenters. The first-order valence-corrected chi connectivity index (χ1v) is 13.3. The zero-order valence-electron chi connectivity index (χ0n) is 20.5. The van der Waals surface area contributed by atoms with Crippen molar-refractivity contribution in [2.75, 3.05) is 17.2 Å². The van der Waals surface area contributed by atoms with Crippen LogP contribution in [0.15, 0.2) is 71.8 Å². The van der Waals surface area contributed by atoms with Crippen molar-refractivity contribution in [1.29, 1.82) is 0 Å². The van der Waals surface area contributed by atoms with Crippen molar-refractivity contribution in [1.82, 2.24) is 9.97 Å². The fourth-order valence-electron chi connectivity index (χ4n) is 4.92. The smallest absolute Gasteiger partial charge is 0.237 e. The number of hydrogen-bond acceptors (Lipinski definition) is 5.